The third-order valence-electron chi connectivity index (χ3n) is 7.95. The molecule has 0 spiro atoms. The van der Waals surface area contributed by atoms with Crippen molar-refractivity contribution in [3.63, 3.8) is 0 Å². The fraction of sp³-hybridized carbons (Fsp3) is 0.586. The maximum atomic E-state index is 13.1. The minimum Gasteiger partial charge on any atom is -0.465 e. The smallest absolute Gasteiger partial charge is 0.325 e. The monoisotopic (exact) mass is 449 g/mol. The number of hydrogen-bond acceptors (Lipinski definition) is 3. The van der Waals surface area contributed by atoms with E-state index in [4.69, 9.17) is 4.74 Å². The second kappa shape index (κ2) is 10.7. The number of ether oxygens (including phenoxy) is 1. The third kappa shape index (κ3) is 5.26. The number of aromatic nitrogens is 1. The second-order valence-corrected chi connectivity index (χ2v) is 10.0. The molecule has 4 heteroatoms. The predicted molar refractivity (Wildman–Crippen MR) is 132 cm³/mol. The van der Waals surface area contributed by atoms with Crippen LogP contribution in [0.15, 0.2) is 24.3 Å². The molecule has 33 heavy (non-hydrogen) atoms. The molecule has 1 unspecified atom stereocenters. The van der Waals surface area contributed by atoms with E-state index in [9.17, 15) is 9.59 Å². The zero-order valence-corrected chi connectivity index (χ0v) is 20.6. The van der Waals surface area contributed by atoms with Gasteiger partial charge < -0.3 is 9.30 Å². The lowest BCUT2D eigenvalue weighted by molar-refractivity contribution is -0.143. The molecule has 2 aliphatic carbocycles. The number of Topliss-reactive ketones (excluding diaryl/α,β-unsaturated/α-hetero) is 1. The highest BCUT2D eigenvalue weighted by molar-refractivity contribution is 5.97. The van der Waals surface area contributed by atoms with E-state index < -0.39 is 0 Å². The molecule has 2 aliphatic rings. The number of ketones is 1. The SMILES string of the molecule is CCOC(=O)Cn1c(C)c(Cc2ccc(C(=O)C(C)C3CCCCC3)cc2)c2c1CCCC2. The summed E-state index contributed by atoms with van der Waals surface area (Å²) in [5, 5.41) is 0. The molecule has 0 radical (unpaired) electrons. The summed E-state index contributed by atoms with van der Waals surface area (Å²) >= 11 is 0. The minimum absolute atomic E-state index is 0.113. The van der Waals surface area contributed by atoms with Crippen molar-refractivity contribution in [2.45, 2.75) is 91.5 Å². The largest absolute Gasteiger partial charge is 0.465 e. The van der Waals surface area contributed by atoms with Gasteiger partial charge in [-0.2, -0.15) is 0 Å². The summed E-state index contributed by atoms with van der Waals surface area (Å²) in [6, 6.07) is 8.29. The molecule has 0 bridgehead atoms. The van der Waals surface area contributed by atoms with Gasteiger partial charge in [-0.25, -0.2) is 0 Å². The summed E-state index contributed by atoms with van der Waals surface area (Å²) in [6.45, 7) is 6.82. The Morgan fingerprint density at radius 2 is 1.73 bits per heavy atom. The van der Waals surface area contributed by atoms with Gasteiger partial charge in [-0.3, -0.25) is 9.59 Å². The number of hydrogen-bond donors (Lipinski definition) is 0. The molecule has 1 aromatic carbocycles. The molecule has 4 rings (SSSR count). The van der Waals surface area contributed by atoms with Gasteiger partial charge in [-0.1, -0.05) is 50.5 Å². The first-order valence-electron chi connectivity index (χ1n) is 13.0. The van der Waals surface area contributed by atoms with Crippen molar-refractivity contribution < 1.29 is 14.3 Å². The van der Waals surface area contributed by atoms with Crippen LogP contribution in [0.3, 0.4) is 0 Å². The Labute approximate surface area is 198 Å². The standard InChI is InChI=1S/C29H39NO3/c1-4-33-28(31)19-30-21(3)26(25-12-8-9-13-27(25)30)18-22-14-16-24(17-15-22)29(32)20(2)23-10-6-5-7-11-23/h14-17,20,23H,4-13,18-19H2,1-3H3. The molecule has 0 N–H and O–H groups in total. The molecule has 0 amide bonds. The van der Waals surface area contributed by atoms with Crippen molar-refractivity contribution in [3.05, 3.63) is 57.9 Å². The lowest BCUT2D eigenvalue weighted by atomic mass is 9.78. The van der Waals surface area contributed by atoms with Crippen LogP contribution in [0.1, 0.15) is 97.2 Å². The van der Waals surface area contributed by atoms with Gasteiger partial charge >= 0.3 is 5.97 Å². The molecule has 2 aromatic rings. The van der Waals surface area contributed by atoms with Crippen LogP contribution in [-0.2, 0) is 35.3 Å². The zero-order chi connectivity index (χ0) is 23.4. The Balaban J connectivity index is 1.51. The number of carbonyl (C=O) groups is 2. The first kappa shape index (κ1) is 23.8. The van der Waals surface area contributed by atoms with Gasteiger partial charge in [0.15, 0.2) is 5.78 Å². The first-order valence-corrected chi connectivity index (χ1v) is 13.0. The topological polar surface area (TPSA) is 48.3 Å². The number of rotatable bonds is 8. The Hall–Kier alpha value is -2.36. The highest BCUT2D eigenvalue weighted by Crippen LogP contribution is 2.33. The maximum Gasteiger partial charge on any atom is 0.325 e. The summed E-state index contributed by atoms with van der Waals surface area (Å²) in [4.78, 5) is 25.3. The van der Waals surface area contributed by atoms with E-state index in [0.29, 0.717) is 24.9 Å². The van der Waals surface area contributed by atoms with E-state index in [0.717, 1.165) is 24.8 Å². The lowest BCUT2D eigenvalue weighted by Crippen LogP contribution is -2.23. The van der Waals surface area contributed by atoms with Gasteiger partial charge in [0.1, 0.15) is 6.54 Å². The maximum absolute atomic E-state index is 13.1. The number of esters is 1. The van der Waals surface area contributed by atoms with Gasteiger partial charge in [-0.05, 0) is 81.4 Å². The molecule has 4 nitrogen and oxygen atoms in total. The number of nitrogens with zero attached hydrogens (tertiary/aromatic N) is 1. The molecule has 1 saturated carbocycles. The van der Waals surface area contributed by atoms with Crippen molar-refractivity contribution in [1.82, 2.24) is 4.57 Å². The fourth-order valence-corrected chi connectivity index (χ4v) is 5.98. The molecular weight excluding hydrogens is 410 g/mol. The van der Waals surface area contributed by atoms with E-state index >= 15 is 0 Å². The summed E-state index contributed by atoms with van der Waals surface area (Å²) in [7, 11) is 0. The normalized spacial score (nSPS) is 17.4. The summed E-state index contributed by atoms with van der Waals surface area (Å²) < 4.78 is 7.41. The van der Waals surface area contributed by atoms with Crippen LogP contribution < -0.4 is 0 Å². The number of fused-ring (bicyclic) bond motifs is 1. The second-order valence-electron chi connectivity index (χ2n) is 10.0. The van der Waals surface area contributed by atoms with Crippen LogP contribution in [0.4, 0.5) is 0 Å². The molecule has 0 saturated heterocycles. The molecule has 0 aliphatic heterocycles. The molecular formula is C29H39NO3. The Morgan fingerprint density at radius 1 is 1.03 bits per heavy atom. The summed E-state index contributed by atoms with van der Waals surface area (Å²) in [5.41, 5.74) is 7.34. The average molecular weight is 450 g/mol. The minimum atomic E-state index is -0.162. The van der Waals surface area contributed by atoms with E-state index in [2.05, 4.69) is 30.5 Å². The molecule has 1 aromatic heterocycles. The summed E-state index contributed by atoms with van der Waals surface area (Å²) in [5.74, 6) is 0.787. The van der Waals surface area contributed by atoms with Crippen LogP contribution in [-0.4, -0.2) is 22.9 Å². The van der Waals surface area contributed by atoms with E-state index in [1.807, 2.05) is 19.1 Å². The zero-order valence-electron chi connectivity index (χ0n) is 20.6. The van der Waals surface area contributed by atoms with Crippen molar-refractivity contribution in [2.75, 3.05) is 6.61 Å². The Bertz CT molecular complexity index is 979. The highest BCUT2D eigenvalue weighted by Gasteiger charge is 2.27. The average Bonchev–Trinajstić information content (AvgIpc) is 3.10. The molecule has 1 fully saturated rings. The lowest BCUT2D eigenvalue weighted by Gasteiger charge is -2.26. The molecule has 1 atom stereocenters. The third-order valence-corrected chi connectivity index (χ3v) is 7.95. The van der Waals surface area contributed by atoms with Gasteiger partial charge in [0, 0.05) is 22.9 Å². The van der Waals surface area contributed by atoms with Crippen LogP contribution in [0, 0.1) is 18.8 Å². The molecule has 178 valence electrons. The Kier molecular flexibility index (Phi) is 7.72. The van der Waals surface area contributed by atoms with Gasteiger partial charge in [0.2, 0.25) is 0 Å². The number of benzene rings is 1. The highest BCUT2D eigenvalue weighted by atomic mass is 16.5. The van der Waals surface area contributed by atoms with Crippen molar-refractivity contribution in [2.24, 2.45) is 11.8 Å². The van der Waals surface area contributed by atoms with E-state index in [-0.39, 0.29) is 11.9 Å². The van der Waals surface area contributed by atoms with E-state index in [1.54, 1.807) is 0 Å². The first-order chi connectivity index (χ1) is 16.0. The number of carbonyl (C=O) groups excluding carboxylic acids is 2. The van der Waals surface area contributed by atoms with Crippen molar-refractivity contribution in [3.8, 4) is 0 Å². The van der Waals surface area contributed by atoms with E-state index in [1.165, 1.54) is 73.0 Å². The van der Waals surface area contributed by atoms with Gasteiger partial charge in [0.25, 0.3) is 0 Å². The molecule has 1 heterocycles. The van der Waals surface area contributed by atoms with Crippen molar-refractivity contribution in [1.29, 1.82) is 0 Å². The Morgan fingerprint density at radius 3 is 2.42 bits per heavy atom. The van der Waals surface area contributed by atoms with Crippen LogP contribution >= 0.6 is 0 Å². The van der Waals surface area contributed by atoms with Gasteiger partial charge in [0.05, 0.1) is 6.61 Å². The van der Waals surface area contributed by atoms with Crippen molar-refractivity contribution >= 4 is 11.8 Å². The fourth-order valence-electron chi connectivity index (χ4n) is 5.98. The quantitative estimate of drug-likeness (QED) is 0.355. The van der Waals surface area contributed by atoms with Crippen LogP contribution in [0.2, 0.25) is 0 Å². The van der Waals surface area contributed by atoms with Crippen LogP contribution in [0.25, 0.3) is 0 Å². The predicted octanol–water partition coefficient (Wildman–Crippen LogP) is 6.23. The van der Waals surface area contributed by atoms with Crippen LogP contribution in [0.5, 0.6) is 0 Å². The summed E-state index contributed by atoms with van der Waals surface area (Å²) in [6.07, 6.45) is 11.6. The van der Waals surface area contributed by atoms with Gasteiger partial charge in [-0.15, -0.1) is 0 Å².